The number of piperazine rings is 1. The Morgan fingerprint density at radius 1 is 1.03 bits per heavy atom. The number of hydrogen-bond acceptors (Lipinski definition) is 3. The van der Waals surface area contributed by atoms with E-state index in [0.29, 0.717) is 6.54 Å². The van der Waals surface area contributed by atoms with Crippen molar-refractivity contribution in [2.24, 2.45) is 0 Å². The zero-order valence-electron chi connectivity index (χ0n) is 17.4. The minimum absolute atomic E-state index is 0.00656. The molecule has 0 atom stereocenters. The molecule has 1 saturated heterocycles. The summed E-state index contributed by atoms with van der Waals surface area (Å²) in [5, 5.41) is 2.93. The van der Waals surface area contributed by atoms with Crippen molar-refractivity contribution in [2.45, 2.75) is 13.3 Å². The van der Waals surface area contributed by atoms with E-state index in [1.54, 1.807) is 7.05 Å². The number of amides is 2. The Kier molecular flexibility index (Phi) is 7.25. The SMILES string of the molecule is CCc1ccccc1NC(=O)CN(C)C(=O)C[NH+]1CCN(c2ccccc2)CC1. The fourth-order valence-corrected chi connectivity index (χ4v) is 3.69. The first kappa shape index (κ1) is 20.9. The number of nitrogens with zero attached hydrogens (tertiary/aromatic N) is 2. The fraction of sp³-hybridized carbons (Fsp3) is 0.391. The summed E-state index contributed by atoms with van der Waals surface area (Å²) in [5.74, 6) is -0.155. The third-order valence-corrected chi connectivity index (χ3v) is 5.47. The highest BCUT2D eigenvalue weighted by Gasteiger charge is 2.24. The van der Waals surface area contributed by atoms with Crippen molar-refractivity contribution in [3.8, 4) is 0 Å². The number of carbonyl (C=O) groups is 2. The minimum Gasteiger partial charge on any atom is -0.360 e. The molecular formula is C23H31N4O2+. The molecule has 0 unspecified atom stereocenters. The second-order valence-corrected chi connectivity index (χ2v) is 7.56. The Bertz CT molecular complexity index is 817. The van der Waals surface area contributed by atoms with E-state index in [4.69, 9.17) is 0 Å². The molecule has 2 aromatic carbocycles. The molecule has 0 aromatic heterocycles. The molecule has 1 aliphatic rings. The lowest BCUT2D eigenvalue weighted by Crippen LogP contribution is -3.15. The van der Waals surface area contributed by atoms with Crippen LogP contribution in [0.4, 0.5) is 11.4 Å². The molecule has 1 heterocycles. The molecule has 29 heavy (non-hydrogen) atoms. The molecule has 6 heteroatoms. The highest BCUT2D eigenvalue weighted by atomic mass is 16.2. The van der Waals surface area contributed by atoms with Crippen molar-refractivity contribution >= 4 is 23.2 Å². The predicted molar refractivity (Wildman–Crippen MR) is 116 cm³/mol. The Hall–Kier alpha value is -2.86. The summed E-state index contributed by atoms with van der Waals surface area (Å²) in [6.45, 7) is 6.27. The van der Waals surface area contributed by atoms with E-state index < -0.39 is 0 Å². The zero-order valence-corrected chi connectivity index (χ0v) is 17.4. The van der Waals surface area contributed by atoms with E-state index >= 15 is 0 Å². The Morgan fingerprint density at radius 2 is 1.69 bits per heavy atom. The van der Waals surface area contributed by atoms with Crippen LogP contribution in [0.1, 0.15) is 12.5 Å². The maximum Gasteiger partial charge on any atom is 0.277 e. The van der Waals surface area contributed by atoms with Crippen molar-refractivity contribution in [3.05, 3.63) is 60.2 Å². The summed E-state index contributed by atoms with van der Waals surface area (Å²) < 4.78 is 0. The van der Waals surface area contributed by atoms with Gasteiger partial charge in [-0.1, -0.05) is 43.3 Å². The molecule has 2 aromatic rings. The number of carbonyl (C=O) groups excluding carboxylic acids is 2. The van der Waals surface area contributed by atoms with Crippen LogP contribution in [0.15, 0.2) is 54.6 Å². The van der Waals surface area contributed by atoms with Crippen LogP contribution in [-0.2, 0) is 16.0 Å². The number of nitrogens with one attached hydrogen (secondary N) is 2. The number of anilines is 2. The second-order valence-electron chi connectivity index (χ2n) is 7.56. The second kappa shape index (κ2) is 10.1. The molecule has 2 amide bonds. The smallest absolute Gasteiger partial charge is 0.277 e. The van der Waals surface area contributed by atoms with E-state index in [1.807, 2.05) is 30.3 Å². The Balaban J connectivity index is 1.44. The molecule has 2 N–H and O–H groups in total. The van der Waals surface area contributed by atoms with Gasteiger partial charge in [-0.2, -0.15) is 0 Å². The Morgan fingerprint density at radius 3 is 2.38 bits per heavy atom. The number of para-hydroxylation sites is 2. The quantitative estimate of drug-likeness (QED) is 0.737. The molecule has 0 aliphatic carbocycles. The lowest BCUT2D eigenvalue weighted by Gasteiger charge is -2.33. The van der Waals surface area contributed by atoms with Gasteiger partial charge in [-0.15, -0.1) is 0 Å². The van der Waals surface area contributed by atoms with E-state index in [2.05, 4.69) is 41.4 Å². The topological polar surface area (TPSA) is 57.1 Å². The fourth-order valence-electron chi connectivity index (χ4n) is 3.69. The number of quaternary nitrogens is 1. The maximum absolute atomic E-state index is 12.6. The van der Waals surface area contributed by atoms with Gasteiger partial charge in [0.15, 0.2) is 6.54 Å². The normalized spacial score (nSPS) is 14.5. The number of benzene rings is 2. The van der Waals surface area contributed by atoms with Crippen LogP contribution < -0.4 is 15.1 Å². The molecule has 3 rings (SSSR count). The van der Waals surface area contributed by atoms with Gasteiger partial charge in [-0.3, -0.25) is 9.59 Å². The van der Waals surface area contributed by atoms with Crippen LogP contribution in [0.5, 0.6) is 0 Å². The highest BCUT2D eigenvalue weighted by Crippen LogP contribution is 2.15. The molecule has 0 spiro atoms. The van der Waals surface area contributed by atoms with Gasteiger partial charge >= 0.3 is 0 Å². The van der Waals surface area contributed by atoms with Gasteiger partial charge in [0, 0.05) is 18.4 Å². The number of rotatable bonds is 7. The van der Waals surface area contributed by atoms with Gasteiger partial charge in [0.05, 0.1) is 32.7 Å². The van der Waals surface area contributed by atoms with Gasteiger partial charge in [-0.25, -0.2) is 0 Å². The number of aryl methyl sites for hydroxylation is 1. The summed E-state index contributed by atoms with van der Waals surface area (Å²) in [6.07, 6.45) is 0.851. The van der Waals surface area contributed by atoms with Crippen molar-refractivity contribution in [1.29, 1.82) is 0 Å². The summed E-state index contributed by atoms with van der Waals surface area (Å²) in [7, 11) is 1.70. The molecule has 6 nitrogen and oxygen atoms in total. The van der Waals surface area contributed by atoms with Gasteiger partial charge < -0.3 is 20.0 Å². The molecule has 0 saturated carbocycles. The average molecular weight is 396 g/mol. The monoisotopic (exact) mass is 395 g/mol. The highest BCUT2D eigenvalue weighted by molar-refractivity contribution is 5.95. The van der Waals surface area contributed by atoms with Gasteiger partial charge in [0.1, 0.15) is 0 Å². The van der Waals surface area contributed by atoms with Crippen LogP contribution in [0, 0.1) is 0 Å². The molecular weight excluding hydrogens is 364 g/mol. The molecule has 1 fully saturated rings. The first-order valence-corrected chi connectivity index (χ1v) is 10.3. The molecule has 154 valence electrons. The third-order valence-electron chi connectivity index (χ3n) is 5.47. The largest absolute Gasteiger partial charge is 0.360 e. The molecule has 1 aliphatic heterocycles. The van der Waals surface area contributed by atoms with E-state index in [0.717, 1.165) is 43.9 Å². The van der Waals surface area contributed by atoms with Gasteiger partial charge in [0.2, 0.25) is 5.91 Å². The maximum atomic E-state index is 12.6. The van der Waals surface area contributed by atoms with Gasteiger partial charge in [-0.05, 0) is 30.2 Å². The standard InChI is InChI=1S/C23H30N4O2/c1-3-19-9-7-8-12-21(19)24-22(28)17-25(2)23(29)18-26-13-15-27(16-14-26)20-10-5-4-6-11-20/h4-12H,3,13-18H2,1-2H3,(H,24,28)/p+1. The third kappa shape index (κ3) is 5.81. The molecule has 0 bridgehead atoms. The summed E-state index contributed by atoms with van der Waals surface area (Å²) in [5.41, 5.74) is 3.15. The lowest BCUT2D eigenvalue weighted by molar-refractivity contribution is -0.892. The van der Waals surface area contributed by atoms with Crippen LogP contribution in [0.2, 0.25) is 0 Å². The van der Waals surface area contributed by atoms with E-state index in [9.17, 15) is 9.59 Å². The van der Waals surface area contributed by atoms with Gasteiger partial charge in [0.25, 0.3) is 5.91 Å². The summed E-state index contributed by atoms with van der Waals surface area (Å²) in [4.78, 5) is 30.1. The number of likely N-dealkylation sites (N-methyl/N-ethyl adjacent to an activating group) is 1. The minimum atomic E-state index is -0.161. The number of hydrogen-bond donors (Lipinski definition) is 2. The van der Waals surface area contributed by atoms with Crippen molar-refractivity contribution in [3.63, 3.8) is 0 Å². The first-order valence-electron chi connectivity index (χ1n) is 10.3. The summed E-state index contributed by atoms with van der Waals surface area (Å²) >= 11 is 0. The van der Waals surface area contributed by atoms with E-state index in [1.165, 1.54) is 15.5 Å². The van der Waals surface area contributed by atoms with Crippen molar-refractivity contribution in [1.82, 2.24) is 4.90 Å². The molecule has 0 radical (unpaired) electrons. The van der Waals surface area contributed by atoms with Crippen LogP contribution in [0.3, 0.4) is 0 Å². The first-order chi connectivity index (χ1) is 14.1. The van der Waals surface area contributed by atoms with Crippen LogP contribution in [-0.4, -0.2) is 63.0 Å². The lowest BCUT2D eigenvalue weighted by atomic mass is 10.1. The van der Waals surface area contributed by atoms with Crippen molar-refractivity contribution < 1.29 is 14.5 Å². The summed E-state index contributed by atoms with van der Waals surface area (Å²) in [6, 6.07) is 18.1. The predicted octanol–water partition coefficient (Wildman–Crippen LogP) is 1.05. The zero-order chi connectivity index (χ0) is 20.6. The van der Waals surface area contributed by atoms with E-state index in [-0.39, 0.29) is 18.4 Å². The van der Waals surface area contributed by atoms with Crippen LogP contribution in [0.25, 0.3) is 0 Å². The average Bonchev–Trinajstić information content (AvgIpc) is 2.75. The Labute approximate surface area is 173 Å². The van der Waals surface area contributed by atoms with Crippen molar-refractivity contribution in [2.75, 3.05) is 56.5 Å². The van der Waals surface area contributed by atoms with Crippen LogP contribution >= 0.6 is 0 Å².